The Balaban J connectivity index is 1.50. The Kier molecular flexibility index (Phi) is 5.65. The van der Waals surface area contributed by atoms with Gasteiger partial charge in [0.2, 0.25) is 0 Å². The number of thioether (sulfide) groups is 1. The fourth-order valence-corrected chi connectivity index (χ4v) is 6.23. The molecule has 0 radical (unpaired) electrons. The monoisotopic (exact) mass is 494 g/mol. The molecule has 2 aliphatic rings. The van der Waals surface area contributed by atoms with Crippen LogP contribution in [0.5, 0.6) is 0 Å². The summed E-state index contributed by atoms with van der Waals surface area (Å²) in [6.07, 6.45) is 1.15. The van der Waals surface area contributed by atoms with Gasteiger partial charge in [-0.3, -0.25) is 19.7 Å². The molecule has 1 unspecified atom stereocenters. The number of aromatic nitrogens is 2. The Morgan fingerprint density at radius 3 is 2.65 bits per heavy atom. The molecule has 1 aliphatic heterocycles. The van der Waals surface area contributed by atoms with Crippen molar-refractivity contribution >= 4 is 40.4 Å². The number of rotatable bonds is 5. The van der Waals surface area contributed by atoms with E-state index in [9.17, 15) is 19.7 Å². The number of allylic oxidation sites excluding steroid dienone is 2. The number of benzene rings is 1. The second-order valence-corrected chi connectivity index (χ2v) is 11.2. The van der Waals surface area contributed by atoms with Crippen LogP contribution in [0, 0.1) is 15.5 Å². The molecule has 0 saturated carbocycles. The lowest BCUT2D eigenvalue weighted by Crippen LogP contribution is -2.36. The number of nitro benzene ring substituents is 1. The van der Waals surface area contributed by atoms with E-state index in [1.165, 1.54) is 35.2 Å². The number of ketones is 1. The number of hydrogen-bond acceptors (Lipinski definition) is 8. The second-order valence-electron chi connectivity index (χ2n) is 9.25. The van der Waals surface area contributed by atoms with Crippen LogP contribution in [0.15, 0.2) is 63.0 Å². The molecule has 0 bridgehead atoms. The van der Waals surface area contributed by atoms with Gasteiger partial charge in [0.25, 0.3) is 11.2 Å². The van der Waals surface area contributed by atoms with Crippen molar-refractivity contribution in [1.29, 1.82) is 0 Å². The first-order valence-corrected chi connectivity index (χ1v) is 12.7. The topological polar surface area (TPSA) is 118 Å². The zero-order chi connectivity index (χ0) is 24.0. The standard InChI is InChI=1S/C24H22N4O4S2/c1-24(2)10-15-18(16(29)11-24)19(17-4-3-9-33-17)20-21(25-15)26-23(27-22(20)30)34-12-13-5-7-14(8-6-13)28(31)32/h3-9,19H,10-12H2,1-2H3,(H2,25,26,27,30). The second kappa shape index (κ2) is 8.52. The molecule has 10 heteroatoms. The highest BCUT2D eigenvalue weighted by Crippen LogP contribution is 2.48. The highest BCUT2D eigenvalue weighted by atomic mass is 32.2. The number of nitro groups is 1. The summed E-state index contributed by atoms with van der Waals surface area (Å²) in [5, 5.41) is 16.6. The van der Waals surface area contributed by atoms with Gasteiger partial charge in [0, 0.05) is 40.5 Å². The number of carbonyl (C=O) groups is 1. The van der Waals surface area contributed by atoms with Gasteiger partial charge in [-0.25, -0.2) is 4.98 Å². The Labute approximate surface area is 203 Å². The average Bonchev–Trinajstić information content (AvgIpc) is 3.30. The van der Waals surface area contributed by atoms with Crippen molar-refractivity contribution in [1.82, 2.24) is 9.97 Å². The molecule has 2 N–H and O–H groups in total. The van der Waals surface area contributed by atoms with Gasteiger partial charge in [0.15, 0.2) is 10.9 Å². The number of anilines is 1. The van der Waals surface area contributed by atoms with E-state index < -0.39 is 10.8 Å². The maximum absolute atomic E-state index is 13.3. The maximum atomic E-state index is 13.3. The number of non-ortho nitro benzene ring substituents is 1. The van der Waals surface area contributed by atoms with Crippen LogP contribution in [-0.4, -0.2) is 20.7 Å². The first kappa shape index (κ1) is 22.5. The molecule has 2 aromatic heterocycles. The van der Waals surface area contributed by atoms with E-state index in [0.717, 1.165) is 16.1 Å². The lowest BCUT2D eigenvalue weighted by molar-refractivity contribution is -0.384. The number of thiophene rings is 1. The van der Waals surface area contributed by atoms with Crippen LogP contribution >= 0.6 is 23.1 Å². The predicted molar refractivity (Wildman–Crippen MR) is 132 cm³/mol. The van der Waals surface area contributed by atoms with Gasteiger partial charge in [-0.2, -0.15) is 0 Å². The Hall–Kier alpha value is -3.24. The van der Waals surface area contributed by atoms with Crippen molar-refractivity contribution in [2.24, 2.45) is 5.41 Å². The summed E-state index contributed by atoms with van der Waals surface area (Å²) in [4.78, 5) is 45.4. The number of H-pyrrole nitrogens is 1. The minimum Gasteiger partial charge on any atom is -0.343 e. The van der Waals surface area contributed by atoms with E-state index in [2.05, 4.69) is 24.1 Å². The molecule has 0 amide bonds. The molecule has 5 rings (SSSR count). The van der Waals surface area contributed by atoms with Gasteiger partial charge in [0.05, 0.1) is 16.4 Å². The van der Waals surface area contributed by atoms with Gasteiger partial charge >= 0.3 is 0 Å². The number of nitrogens with zero attached hydrogens (tertiary/aromatic N) is 2. The summed E-state index contributed by atoms with van der Waals surface area (Å²) >= 11 is 2.87. The number of hydrogen-bond donors (Lipinski definition) is 2. The van der Waals surface area contributed by atoms with Crippen molar-refractivity contribution in [2.45, 2.75) is 43.5 Å². The van der Waals surface area contributed by atoms with E-state index in [0.29, 0.717) is 40.7 Å². The van der Waals surface area contributed by atoms with Crippen LogP contribution in [0.1, 0.15) is 48.6 Å². The largest absolute Gasteiger partial charge is 0.343 e. The summed E-state index contributed by atoms with van der Waals surface area (Å²) in [7, 11) is 0. The molecule has 3 aromatic rings. The first-order valence-electron chi connectivity index (χ1n) is 10.8. The maximum Gasteiger partial charge on any atom is 0.269 e. The highest BCUT2D eigenvalue weighted by molar-refractivity contribution is 7.98. The smallest absolute Gasteiger partial charge is 0.269 e. The molecule has 0 fully saturated rings. The van der Waals surface area contributed by atoms with Crippen LogP contribution < -0.4 is 10.9 Å². The van der Waals surface area contributed by atoms with Crippen molar-refractivity contribution in [3.63, 3.8) is 0 Å². The molecule has 1 atom stereocenters. The van der Waals surface area contributed by atoms with Crippen molar-refractivity contribution in [3.8, 4) is 0 Å². The lowest BCUT2D eigenvalue weighted by atomic mass is 9.70. The molecule has 0 saturated heterocycles. The van der Waals surface area contributed by atoms with Gasteiger partial charge in [-0.1, -0.05) is 43.8 Å². The highest BCUT2D eigenvalue weighted by Gasteiger charge is 2.42. The normalized spacial score (nSPS) is 18.8. The third-order valence-corrected chi connectivity index (χ3v) is 7.93. The molecule has 34 heavy (non-hydrogen) atoms. The summed E-state index contributed by atoms with van der Waals surface area (Å²) in [5.74, 6) is 0.615. The summed E-state index contributed by atoms with van der Waals surface area (Å²) in [6.45, 7) is 4.14. The number of fused-ring (bicyclic) bond motifs is 1. The quantitative estimate of drug-likeness (QED) is 0.216. The van der Waals surface area contributed by atoms with E-state index >= 15 is 0 Å². The van der Waals surface area contributed by atoms with E-state index in [1.54, 1.807) is 12.1 Å². The van der Waals surface area contributed by atoms with Gasteiger partial charge in [-0.15, -0.1) is 11.3 Å². The van der Waals surface area contributed by atoms with E-state index in [-0.39, 0.29) is 22.4 Å². The van der Waals surface area contributed by atoms with Crippen LogP contribution in [0.25, 0.3) is 0 Å². The Morgan fingerprint density at radius 1 is 1.21 bits per heavy atom. The molecular formula is C24H22N4O4S2. The van der Waals surface area contributed by atoms with Crippen LogP contribution in [-0.2, 0) is 10.5 Å². The number of Topliss-reactive ketones (excluding diaryl/α,β-unsaturated/α-hetero) is 1. The van der Waals surface area contributed by atoms with Crippen molar-refractivity contribution < 1.29 is 9.72 Å². The van der Waals surface area contributed by atoms with E-state index in [1.807, 2.05) is 17.5 Å². The molecule has 1 aliphatic carbocycles. The fraction of sp³-hybridized carbons (Fsp3) is 0.292. The zero-order valence-electron chi connectivity index (χ0n) is 18.6. The number of carbonyl (C=O) groups excluding carboxylic acids is 1. The molecular weight excluding hydrogens is 472 g/mol. The fourth-order valence-electron chi connectivity index (χ4n) is 4.57. The Morgan fingerprint density at radius 2 is 1.97 bits per heavy atom. The van der Waals surface area contributed by atoms with Gasteiger partial charge in [-0.05, 0) is 28.8 Å². The SMILES string of the molecule is CC1(C)CC(=O)C2=C(C1)Nc1nc(SCc3ccc([N+](=O)[O-])cc3)[nH]c(=O)c1C2c1cccs1. The summed E-state index contributed by atoms with van der Waals surface area (Å²) in [5.41, 5.74) is 2.45. The average molecular weight is 495 g/mol. The van der Waals surface area contributed by atoms with Crippen molar-refractivity contribution in [3.05, 3.63) is 89.5 Å². The molecule has 3 heterocycles. The van der Waals surface area contributed by atoms with E-state index in [4.69, 9.17) is 4.98 Å². The predicted octanol–water partition coefficient (Wildman–Crippen LogP) is 5.23. The lowest BCUT2D eigenvalue weighted by Gasteiger charge is -2.38. The summed E-state index contributed by atoms with van der Waals surface area (Å²) in [6, 6.07) is 10.2. The third kappa shape index (κ3) is 4.19. The molecule has 8 nitrogen and oxygen atoms in total. The minimum atomic E-state index is -0.435. The van der Waals surface area contributed by atoms with Gasteiger partial charge < -0.3 is 10.3 Å². The van der Waals surface area contributed by atoms with Crippen LogP contribution in [0.4, 0.5) is 11.5 Å². The Bertz CT molecular complexity index is 1370. The minimum absolute atomic E-state index is 0.0342. The number of aromatic amines is 1. The molecule has 0 spiro atoms. The zero-order valence-corrected chi connectivity index (χ0v) is 20.2. The third-order valence-electron chi connectivity index (χ3n) is 6.05. The summed E-state index contributed by atoms with van der Waals surface area (Å²) < 4.78 is 0. The first-order chi connectivity index (χ1) is 16.2. The van der Waals surface area contributed by atoms with Crippen molar-refractivity contribution in [2.75, 3.05) is 5.32 Å². The van der Waals surface area contributed by atoms with Crippen LogP contribution in [0.3, 0.4) is 0 Å². The molecule has 174 valence electrons. The molecule has 1 aromatic carbocycles. The number of nitrogens with one attached hydrogen (secondary N) is 2. The van der Waals surface area contributed by atoms with Gasteiger partial charge in [0.1, 0.15) is 5.82 Å². The van der Waals surface area contributed by atoms with Crippen LogP contribution in [0.2, 0.25) is 0 Å².